The summed E-state index contributed by atoms with van der Waals surface area (Å²) >= 11 is 0. The van der Waals surface area contributed by atoms with Crippen molar-refractivity contribution in [1.82, 2.24) is 10.3 Å². The Labute approximate surface area is 103 Å². The smallest absolute Gasteiger partial charge is 0.237 e. The van der Waals surface area contributed by atoms with Crippen molar-refractivity contribution in [2.45, 2.75) is 39.3 Å². The number of pyridine rings is 1. The van der Waals surface area contributed by atoms with E-state index < -0.39 is 6.04 Å². The van der Waals surface area contributed by atoms with Crippen molar-refractivity contribution < 1.29 is 4.79 Å². The summed E-state index contributed by atoms with van der Waals surface area (Å²) in [6.45, 7) is 6.05. The molecule has 0 aliphatic heterocycles. The Morgan fingerprint density at radius 3 is 2.47 bits per heavy atom. The van der Waals surface area contributed by atoms with Crippen LogP contribution in [-0.2, 0) is 4.79 Å². The number of carbonyl (C=O) groups excluding carboxylic acids is 1. The van der Waals surface area contributed by atoms with Crippen LogP contribution < -0.4 is 11.1 Å². The van der Waals surface area contributed by atoms with E-state index in [1.54, 1.807) is 12.4 Å². The van der Waals surface area contributed by atoms with Gasteiger partial charge in [-0.05, 0) is 37.0 Å². The van der Waals surface area contributed by atoms with E-state index in [1.165, 1.54) is 0 Å². The van der Waals surface area contributed by atoms with Crippen LogP contribution in [0.4, 0.5) is 0 Å². The molecule has 0 fully saturated rings. The Morgan fingerprint density at radius 2 is 1.94 bits per heavy atom. The average molecular weight is 235 g/mol. The van der Waals surface area contributed by atoms with Crippen molar-refractivity contribution in [2.75, 3.05) is 0 Å². The number of aromatic nitrogens is 1. The van der Waals surface area contributed by atoms with Gasteiger partial charge in [-0.2, -0.15) is 0 Å². The molecule has 0 spiro atoms. The van der Waals surface area contributed by atoms with Crippen molar-refractivity contribution in [3.05, 3.63) is 30.1 Å². The van der Waals surface area contributed by atoms with Crippen LogP contribution in [-0.4, -0.2) is 16.9 Å². The maximum absolute atomic E-state index is 11.8. The highest BCUT2D eigenvalue weighted by atomic mass is 16.2. The molecule has 0 unspecified atom stereocenters. The average Bonchev–Trinajstić information content (AvgIpc) is 2.29. The topological polar surface area (TPSA) is 68.0 Å². The lowest BCUT2D eigenvalue weighted by Gasteiger charge is -2.18. The number of nitrogens with one attached hydrogen (secondary N) is 1. The highest BCUT2D eigenvalue weighted by Crippen LogP contribution is 2.11. The number of amides is 1. The third-order valence-electron chi connectivity index (χ3n) is 2.63. The quantitative estimate of drug-likeness (QED) is 0.815. The highest BCUT2D eigenvalue weighted by molar-refractivity contribution is 5.81. The van der Waals surface area contributed by atoms with Gasteiger partial charge in [0.05, 0.1) is 12.1 Å². The van der Waals surface area contributed by atoms with Crippen molar-refractivity contribution in [3.63, 3.8) is 0 Å². The SMILES string of the molecule is CC(C)C[C@H](N)C(=O)N[C@H](C)c1ccncc1. The summed E-state index contributed by atoms with van der Waals surface area (Å²) in [6, 6.07) is 3.31. The van der Waals surface area contributed by atoms with Crippen LogP contribution in [0.25, 0.3) is 0 Å². The second kappa shape index (κ2) is 6.35. The molecule has 2 atom stereocenters. The molecule has 3 N–H and O–H groups in total. The van der Waals surface area contributed by atoms with E-state index in [0.29, 0.717) is 12.3 Å². The van der Waals surface area contributed by atoms with Crippen molar-refractivity contribution in [1.29, 1.82) is 0 Å². The Morgan fingerprint density at radius 1 is 1.35 bits per heavy atom. The summed E-state index contributed by atoms with van der Waals surface area (Å²) in [7, 11) is 0. The molecule has 0 aliphatic rings. The Kier molecular flexibility index (Phi) is 5.10. The van der Waals surface area contributed by atoms with Crippen LogP contribution in [0.15, 0.2) is 24.5 Å². The minimum absolute atomic E-state index is 0.0382. The normalized spacial score (nSPS) is 14.4. The Bertz CT molecular complexity index is 351. The first-order chi connectivity index (χ1) is 8.00. The minimum Gasteiger partial charge on any atom is -0.348 e. The number of hydrogen-bond acceptors (Lipinski definition) is 3. The molecule has 0 aliphatic carbocycles. The summed E-state index contributed by atoms with van der Waals surface area (Å²) in [5.41, 5.74) is 6.85. The summed E-state index contributed by atoms with van der Waals surface area (Å²) < 4.78 is 0. The van der Waals surface area contributed by atoms with E-state index >= 15 is 0 Å². The first kappa shape index (κ1) is 13.6. The molecule has 0 bridgehead atoms. The van der Waals surface area contributed by atoms with Crippen molar-refractivity contribution in [2.24, 2.45) is 11.7 Å². The highest BCUT2D eigenvalue weighted by Gasteiger charge is 2.17. The predicted octanol–water partition coefficient (Wildman–Crippen LogP) is 1.63. The second-order valence-electron chi connectivity index (χ2n) is 4.75. The van der Waals surface area contributed by atoms with Gasteiger partial charge >= 0.3 is 0 Å². The molecule has 4 heteroatoms. The first-order valence-electron chi connectivity index (χ1n) is 5.96. The monoisotopic (exact) mass is 235 g/mol. The third-order valence-corrected chi connectivity index (χ3v) is 2.63. The molecule has 0 aromatic carbocycles. The van der Waals surface area contributed by atoms with E-state index in [4.69, 9.17) is 5.73 Å². The van der Waals surface area contributed by atoms with E-state index in [9.17, 15) is 4.79 Å². The van der Waals surface area contributed by atoms with Crippen LogP contribution in [0.5, 0.6) is 0 Å². The molecule has 0 radical (unpaired) electrons. The lowest BCUT2D eigenvalue weighted by molar-refractivity contribution is -0.123. The third kappa shape index (κ3) is 4.53. The molecule has 4 nitrogen and oxygen atoms in total. The molecule has 0 saturated carbocycles. The lowest BCUT2D eigenvalue weighted by atomic mass is 10.0. The summed E-state index contributed by atoms with van der Waals surface area (Å²) in [5.74, 6) is 0.329. The van der Waals surface area contributed by atoms with Gasteiger partial charge < -0.3 is 11.1 Å². The zero-order valence-corrected chi connectivity index (χ0v) is 10.7. The van der Waals surface area contributed by atoms with Gasteiger partial charge in [0.2, 0.25) is 5.91 Å². The molecule has 1 aromatic heterocycles. The Hall–Kier alpha value is -1.42. The van der Waals surface area contributed by atoms with Gasteiger partial charge in [-0.3, -0.25) is 9.78 Å². The fourth-order valence-electron chi connectivity index (χ4n) is 1.67. The number of nitrogens with two attached hydrogens (primary N) is 1. The Balaban J connectivity index is 2.51. The molecule has 1 amide bonds. The fraction of sp³-hybridized carbons (Fsp3) is 0.538. The number of hydrogen-bond donors (Lipinski definition) is 2. The first-order valence-corrected chi connectivity index (χ1v) is 5.96. The number of nitrogens with zero attached hydrogens (tertiary/aromatic N) is 1. The molecule has 1 heterocycles. The van der Waals surface area contributed by atoms with Gasteiger partial charge in [0.15, 0.2) is 0 Å². The van der Waals surface area contributed by atoms with Crippen molar-refractivity contribution in [3.8, 4) is 0 Å². The van der Waals surface area contributed by atoms with E-state index in [1.807, 2.05) is 19.1 Å². The van der Waals surface area contributed by atoms with E-state index in [2.05, 4.69) is 24.1 Å². The molecule has 1 rings (SSSR count). The minimum atomic E-state index is -0.431. The predicted molar refractivity (Wildman–Crippen MR) is 68.2 cm³/mol. The largest absolute Gasteiger partial charge is 0.348 e. The van der Waals surface area contributed by atoms with Gasteiger partial charge in [0, 0.05) is 12.4 Å². The van der Waals surface area contributed by atoms with Gasteiger partial charge in [0.1, 0.15) is 0 Å². The summed E-state index contributed by atoms with van der Waals surface area (Å²) in [4.78, 5) is 15.8. The van der Waals surface area contributed by atoms with E-state index in [0.717, 1.165) is 5.56 Å². The van der Waals surface area contributed by atoms with Gasteiger partial charge in [-0.25, -0.2) is 0 Å². The number of carbonyl (C=O) groups is 1. The van der Waals surface area contributed by atoms with Crippen LogP contribution in [0, 0.1) is 5.92 Å². The fourth-order valence-corrected chi connectivity index (χ4v) is 1.67. The van der Waals surface area contributed by atoms with Crippen LogP contribution in [0.3, 0.4) is 0 Å². The zero-order chi connectivity index (χ0) is 12.8. The maximum atomic E-state index is 11.8. The summed E-state index contributed by atoms with van der Waals surface area (Å²) in [5, 5.41) is 2.91. The van der Waals surface area contributed by atoms with Gasteiger partial charge in [0.25, 0.3) is 0 Å². The molecule has 17 heavy (non-hydrogen) atoms. The van der Waals surface area contributed by atoms with Crippen LogP contribution >= 0.6 is 0 Å². The van der Waals surface area contributed by atoms with Crippen LogP contribution in [0.1, 0.15) is 38.8 Å². The molecular formula is C13H21N3O. The van der Waals surface area contributed by atoms with Gasteiger partial charge in [-0.1, -0.05) is 13.8 Å². The second-order valence-corrected chi connectivity index (χ2v) is 4.75. The molecule has 0 saturated heterocycles. The standard InChI is InChI=1S/C13H21N3O/c1-9(2)8-12(14)13(17)16-10(3)11-4-6-15-7-5-11/h4-7,9-10,12H,8,14H2,1-3H3,(H,16,17)/t10-,12+/m1/s1. The maximum Gasteiger partial charge on any atom is 0.237 e. The summed E-state index contributed by atoms with van der Waals surface area (Å²) in [6.07, 6.45) is 4.13. The van der Waals surface area contributed by atoms with Crippen molar-refractivity contribution >= 4 is 5.91 Å². The number of rotatable bonds is 5. The molecule has 94 valence electrons. The van der Waals surface area contributed by atoms with Gasteiger partial charge in [-0.15, -0.1) is 0 Å². The lowest BCUT2D eigenvalue weighted by Crippen LogP contribution is -2.42. The van der Waals surface area contributed by atoms with Crippen LogP contribution in [0.2, 0.25) is 0 Å². The molecule has 1 aromatic rings. The van der Waals surface area contributed by atoms with E-state index in [-0.39, 0.29) is 11.9 Å². The zero-order valence-electron chi connectivity index (χ0n) is 10.7. The molecular weight excluding hydrogens is 214 g/mol.